The van der Waals surface area contributed by atoms with Crippen LogP contribution in [0.3, 0.4) is 0 Å². The van der Waals surface area contributed by atoms with Gasteiger partial charge in [-0.2, -0.15) is 0 Å². The summed E-state index contributed by atoms with van der Waals surface area (Å²) in [4.78, 5) is 15.2. The summed E-state index contributed by atoms with van der Waals surface area (Å²) in [5, 5.41) is 4.09. The molecule has 0 unspecified atom stereocenters. The number of hydrogen-bond donors (Lipinski definition) is 3. The highest BCUT2D eigenvalue weighted by atomic mass is 16.6. The number of rotatable bonds is 1. The number of nitrogens with one attached hydrogen (secondary N) is 2. The molecule has 5 nitrogen and oxygen atoms in total. The number of fused-ring (bicyclic) bond motifs is 3. The molecule has 0 saturated carbocycles. The summed E-state index contributed by atoms with van der Waals surface area (Å²) < 4.78 is 5.30. The van der Waals surface area contributed by atoms with Gasteiger partial charge < -0.3 is 20.8 Å². The fourth-order valence-electron chi connectivity index (χ4n) is 2.87. The standard InChI is InChI=1S/C16H21N3O2/c1-16(2,3)21-15(20)18-10-7-12-11-6-9(17)4-5-13(11)19-14(12)8-10/h4-6,10,19H,7-8,17H2,1-3H3,(H,18,20)/t10-/m0/s1. The van der Waals surface area contributed by atoms with E-state index in [1.54, 1.807) is 0 Å². The van der Waals surface area contributed by atoms with E-state index in [4.69, 9.17) is 10.5 Å². The average molecular weight is 287 g/mol. The van der Waals surface area contributed by atoms with Crippen LogP contribution in [0.1, 0.15) is 32.0 Å². The molecule has 1 atom stereocenters. The Kier molecular flexibility index (Phi) is 3.08. The molecule has 21 heavy (non-hydrogen) atoms. The van der Waals surface area contributed by atoms with Crippen LogP contribution in [0.5, 0.6) is 0 Å². The van der Waals surface area contributed by atoms with E-state index >= 15 is 0 Å². The van der Waals surface area contributed by atoms with Gasteiger partial charge in [0.1, 0.15) is 5.60 Å². The van der Waals surface area contributed by atoms with E-state index < -0.39 is 5.60 Å². The molecule has 0 saturated heterocycles. The molecule has 1 aromatic carbocycles. The molecule has 112 valence electrons. The Labute approximate surface area is 123 Å². The molecular formula is C16H21N3O2. The molecular weight excluding hydrogens is 266 g/mol. The first-order chi connectivity index (χ1) is 9.82. The molecule has 5 heteroatoms. The van der Waals surface area contributed by atoms with Gasteiger partial charge >= 0.3 is 6.09 Å². The number of amides is 1. The van der Waals surface area contributed by atoms with Crippen LogP contribution in [0.4, 0.5) is 10.5 Å². The summed E-state index contributed by atoms with van der Waals surface area (Å²) in [5.74, 6) is 0. The fraction of sp³-hybridized carbons (Fsp3) is 0.438. The number of carbonyl (C=O) groups is 1. The Bertz CT molecular complexity index is 697. The highest BCUT2D eigenvalue weighted by Crippen LogP contribution is 2.31. The maximum Gasteiger partial charge on any atom is 0.407 e. The number of alkyl carbamates (subject to hydrolysis) is 1. The van der Waals surface area contributed by atoms with Crippen LogP contribution in [0.15, 0.2) is 18.2 Å². The number of hydrogen-bond acceptors (Lipinski definition) is 3. The third kappa shape index (κ3) is 2.82. The summed E-state index contributed by atoms with van der Waals surface area (Å²) in [6, 6.07) is 5.96. The molecule has 1 aliphatic rings. The van der Waals surface area contributed by atoms with E-state index in [-0.39, 0.29) is 12.1 Å². The van der Waals surface area contributed by atoms with Crippen molar-refractivity contribution in [2.24, 2.45) is 0 Å². The van der Waals surface area contributed by atoms with E-state index in [9.17, 15) is 4.79 Å². The molecule has 0 aliphatic heterocycles. The van der Waals surface area contributed by atoms with Crippen LogP contribution in [-0.4, -0.2) is 22.7 Å². The van der Waals surface area contributed by atoms with Gasteiger partial charge in [0.2, 0.25) is 0 Å². The number of aromatic amines is 1. The summed E-state index contributed by atoms with van der Waals surface area (Å²) in [5.41, 5.74) is 9.67. The van der Waals surface area contributed by atoms with Crippen LogP contribution >= 0.6 is 0 Å². The van der Waals surface area contributed by atoms with Crippen molar-refractivity contribution in [2.45, 2.75) is 45.3 Å². The summed E-state index contributed by atoms with van der Waals surface area (Å²) in [6.45, 7) is 5.58. The fourth-order valence-corrected chi connectivity index (χ4v) is 2.87. The molecule has 4 N–H and O–H groups in total. The minimum atomic E-state index is -0.474. The molecule has 0 bridgehead atoms. The molecule has 0 radical (unpaired) electrons. The molecule has 1 aromatic heterocycles. The van der Waals surface area contributed by atoms with E-state index in [0.717, 1.165) is 29.4 Å². The molecule has 0 fully saturated rings. The van der Waals surface area contributed by atoms with Crippen LogP contribution in [0.2, 0.25) is 0 Å². The van der Waals surface area contributed by atoms with Crippen LogP contribution in [-0.2, 0) is 17.6 Å². The van der Waals surface area contributed by atoms with Crippen molar-refractivity contribution in [1.82, 2.24) is 10.3 Å². The lowest BCUT2D eigenvalue weighted by molar-refractivity contribution is 0.0506. The predicted molar refractivity (Wildman–Crippen MR) is 83.3 cm³/mol. The van der Waals surface area contributed by atoms with Gasteiger partial charge in [0.25, 0.3) is 0 Å². The van der Waals surface area contributed by atoms with Crippen molar-refractivity contribution in [3.05, 3.63) is 29.5 Å². The third-order valence-electron chi connectivity index (χ3n) is 3.64. The monoisotopic (exact) mass is 287 g/mol. The predicted octanol–water partition coefficient (Wildman–Crippen LogP) is 2.74. The topological polar surface area (TPSA) is 80.1 Å². The largest absolute Gasteiger partial charge is 0.444 e. The van der Waals surface area contributed by atoms with Crippen molar-refractivity contribution in [3.8, 4) is 0 Å². The first-order valence-electron chi connectivity index (χ1n) is 7.20. The van der Waals surface area contributed by atoms with Gasteiger partial charge in [-0.1, -0.05) is 0 Å². The lowest BCUT2D eigenvalue weighted by Crippen LogP contribution is -2.39. The van der Waals surface area contributed by atoms with Crippen molar-refractivity contribution >= 4 is 22.7 Å². The zero-order valence-electron chi connectivity index (χ0n) is 12.6. The van der Waals surface area contributed by atoms with Gasteiger partial charge in [0, 0.05) is 34.7 Å². The molecule has 3 rings (SSSR count). The Balaban J connectivity index is 1.73. The second-order valence-corrected chi connectivity index (χ2v) is 6.64. The summed E-state index contributed by atoms with van der Waals surface area (Å²) in [6.07, 6.45) is 1.24. The third-order valence-corrected chi connectivity index (χ3v) is 3.64. The Morgan fingerprint density at radius 3 is 2.86 bits per heavy atom. The first-order valence-corrected chi connectivity index (χ1v) is 7.20. The van der Waals surface area contributed by atoms with E-state index in [1.165, 1.54) is 11.3 Å². The lowest BCUT2D eigenvalue weighted by atomic mass is 10.1. The smallest absolute Gasteiger partial charge is 0.407 e. The quantitative estimate of drug-likeness (QED) is 0.705. The number of anilines is 1. The number of ether oxygens (including phenoxy) is 1. The minimum absolute atomic E-state index is 0.0759. The van der Waals surface area contributed by atoms with Gasteiger partial charge in [0.15, 0.2) is 0 Å². The molecule has 1 amide bonds. The van der Waals surface area contributed by atoms with Gasteiger partial charge in [-0.05, 0) is 51.0 Å². The van der Waals surface area contributed by atoms with Gasteiger partial charge in [-0.25, -0.2) is 4.79 Å². The highest BCUT2D eigenvalue weighted by Gasteiger charge is 2.28. The maximum atomic E-state index is 11.8. The second-order valence-electron chi connectivity index (χ2n) is 6.64. The molecule has 1 heterocycles. The summed E-state index contributed by atoms with van der Waals surface area (Å²) in [7, 11) is 0. The SMILES string of the molecule is CC(C)(C)OC(=O)N[C@@H]1Cc2[nH]c3ccc(N)cc3c2C1. The molecule has 0 spiro atoms. The van der Waals surface area contributed by atoms with Gasteiger partial charge in [-0.15, -0.1) is 0 Å². The number of nitrogens with two attached hydrogens (primary N) is 1. The molecule has 1 aliphatic carbocycles. The van der Waals surface area contributed by atoms with Crippen molar-refractivity contribution in [1.29, 1.82) is 0 Å². The maximum absolute atomic E-state index is 11.8. The van der Waals surface area contributed by atoms with E-state index in [2.05, 4.69) is 10.3 Å². The number of aromatic nitrogens is 1. The Hall–Kier alpha value is -2.17. The number of carbonyl (C=O) groups excluding carboxylic acids is 1. The van der Waals surface area contributed by atoms with E-state index in [1.807, 2.05) is 39.0 Å². The van der Waals surface area contributed by atoms with Crippen LogP contribution < -0.4 is 11.1 Å². The molecule has 2 aromatic rings. The minimum Gasteiger partial charge on any atom is -0.444 e. The lowest BCUT2D eigenvalue weighted by Gasteiger charge is -2.21. The van der Waals surface area contributed by atoms with Crippen LogP contribution in [0.25, 0.3) is 10.9 Å². The first kappa shape index (κ1) is 13.8. The zero-order valence-corrected chi connectivity index (χ0v) is 12.6. The van der Waals surface area contributed by atoms with Crippen LogP contribution in [0, 0.1) is 0 Å². The van der Waals surface area contributed by atoms with Crippen molar-refractivity contribution in [3.63, 3.8) is 0 Å². The highest BCUT2D eigenvalue weighted by molar-refractivity contribution is 5.88. The number of nitrogen functional groups attached to an aromatic ring is 1. The second kappa shape index (κ2) is 4.69. The van der Waals surface area contributed by atoms with Gasteiger partial charge in [-0.3, -0.25) is 0 Å². The Morgan fingerprint density at radius 2 is 2.14 bits per heavy atom. The van der Waals surface area contributed by atoms with Gasteiger partial charge in [0.05, 0.1) is 0 Å². The number of benzene rings is 1. The normalized spacial score (nSPS) is 17.8. The van der Waals surface area contributed by atoms with Crippen molar-refractivity contribution in [2.75, 3.05) is 5.73 Å². The van der Waals surface area contributed by atoms with E-state index in [0.29, 0.717) is 0 Å². The Morgan fingerprint density at radius 1 is 1.38 bits per heavy atom. The average Bonchev–Trinajstić information content (AvgIpc) is 2.84. The zero-order chi connectivity index (χ0) is 15.2. The summed E-state index contributed by atoms with van der Waals surface area (Å²) >= 11 is 0. The number of H-pyrrole nitrogens is 1. The van der Waals surface area contributed by atoms with Crippen molar-refractivity contribution < 1.29 is 9.53 Å².